The van der Waals surface area contributed by atoms with Crippen LogP contribution in [0.5, 0.6) is 11.5 Å². The van der Waals surface area contributed by atoms with E-state index in [0.717, 1.165) is 44.4 Å². The van der Waals surface area contributed by atoms with Crippen LogP contribution in [0.15, 0.2) is 48.7 Å². The lowest BCUT2D eigenvalue weighted by Gasteiger charge is -2.34. The molecular formula is C31H35F2N3O4. The van der Waals surface area contributed by atoms with E-state index >= 15 is 0 Å². The number of hydrogen-bond donors (Lipinski definition) is 1. The number of unbranched alkanes of at least 4 members (excludes halogenated alkanes) is 1. The summed E-state index contributed by atoms with van der Waals surface area (Å²) in [5, 5.41) is 20.1. The predicted molar refractivity (Wildman–Crippen MR) is 147 cm³/mol. The zero-order valence-electron chi connectivity index (χ0n) is 23.3. The molecule has 2 atom stereocenters. The molecule has 1 aromatic heterocycles. The summed E-state index contributed by atoms with van der Waals surface area (Å²) in [6.07, 6.45) is 5.33. The molecule has 1 aliphatic heterocycles. The summed E-state index contributed by atoms with van der Waals surface area (Å²) in [6.45, 7) is 9.59. The SMILES string of the molecule is CCCCC(OC(C)(C)C)N1CC[C@@H](n2cc(-c3ccc(Oc4c(F)cccc4F)cc3)c(C#N)c2C(=O)O)C1. The summed E-state index contributed by atoms with van der Waals surface area (Å²) >= 11 is 0. The molecule has 1 unspecified atom stereocenters. The molecule has 0 saturated carbocycles. The lowest BCUT2D eigenvalue weighted by molar-refractivity contribution is -0.131. The average molecular weight is 552 g/mol. The van der Waals surface area contributed by atoms with E-state index in [9.17, 15) is 23.9 Å². The molecular weight excluding hydrogens is 516 g/mol. The first-order valence-electron chi connectivity index (χ1n) is 13.5. The van der Waals surface area contributed by atoms with Crippen LogP contribution in [-0.2, 0) is 4.74 Å². The number of nitriles is 1. The Morgan fingerprint density at radius 2 is 1.85 bits per heavy atom. The van der Waals surface area contributed by atoms with Gasteiger partial charge in [0.05, 0.1) is 11.2 Å². The number of halogens is 2. The summed E-state index contributed by atoms with van der Waals surface area (Å²) in [6, 6.07) is 11.7. The number of rotatable bonds is 10. The van der Waals surface area contributed by atoms with Crippen molar-refractivity contribution >= 4 is 5.97 Å². The van der Waals surface area contributed by atoms with Gasteiger partial charge in [-0.3, -0.25) is 4.90 Å². The molecule has 9 heteroatoms. The van der Waals surface area contributed by atoms with Crippen LogP contribution in [0.4, 0.5) is 8.78 Å². The Kier molecular flexibility index (Phi) is 8.92. The highest BCUT2D eigenvalue weighted by Crippen LogP contribution is 2.36. The van der Waals surface area contributed by atoms with Crippen molar-refractivity contribution in [1.29, 1.82) is 5.26 Å². The van der Waals surface area contributed by atoms with Crippen LogP contribution in [0.3, 0.4) is 0 Å². The van der Waals surface area contributed by atoms with Crippen molar-refractivity contribution in [2.45, 2.75) is 71.2 Å². The van der Waals surface area contributed by atoms with E-state index in [1.54, 1.807) is 22.9 Å². The maximum Gasteiger partial charge on any atom is 0.353 e. The number of benzene rings is 2. The number of carboxylic acids is 1. The molecule has 1 aliphatic rings. The number of likely N-dealkylation sites (tertiary alicyclic amines) is 1. The van der Waals surface area contributed by atoms with Crippen molar-refractivity contribution in [3.05, 3.63) is 71.6 Å². The quantitative estimate of drug-likeness (QED) is 0.283. The molecule has 0 amide bonds. The van der Waals surface area contributed by atoms with Gasteiger partial charge in [0.25, 0.3) is 0 Å². The van der Waals surface area contributed by atoms with Crippen molar-refractivity contribution < 1.29 is 28.2 Å². The molecule has 0 radical (unpaired) electrons. The smallest absolute Gasteiger partial charge is 0.353 e. The van der Waals surface area contributed by atoms with Crippen LogP contribution in [0.25, 0.3) is 11.1 Å². The maximum atomic E-state index is 14.0. The van der Waals surface area contributed by atoms with Gasteiger partial charge in [-0.2, -0.15) is 5.26 Å². The molecule has 0 aliphatic carbocycles. The zero-order valence-corrected chi connectivity index (χ0v) is 23.3. The Morgan fingerprint density at radius 3 is 2.42 bits per heavy atom. The number of carbonyl (C=O) groups is 1. The Labute approximate surface area is 233 Å². The van der Waals surface area contributed by atoms with Crippen LogP contribution in [0, 0.1) is 23.0 Å². The molecule has 2 aromatic carbocycles. The zero-order chi connectivity index (χ0) is 29.0. The minimum Gasteiger partial charge on any atom is -0.477 e. The highest BCUT2D eigenvalue weighted by molar-refractivity contribution is 5.93. The summed E-state index contributed by atoms with van der Waals surface area (Å²) in [5.74, 6) is -3.13. The first-order chi connectivity index (χ1) is 19.0. The van der Waals surface area contributed by atoms with Gasteiger partial charge in [-0.1, -0.05) is 31.5 Å². The Balaban J connectivity index is 1.61. The Morgan fingerprint density at radius 1 is 1.18 bits per heavy atom. The number of aromatic carboxylic acids is 1. The minimum absolute atomic E-state index is 0.0556. The van der Waals surface area contributed by atoms with Gasteiger partial charge in [0.2, 0.25) is 0 Å². The van der Waals surface area contributed by atoms with E-state index in [-0.39, 0.29) is 34.9 Å². The summed E-state index contributed by atoms with van der Waals surface area (Å²) in [4.78, 5) is 14.6. The normalized spacial score (nSPS) is 16.6. The highest BCUT2D eigenvalue weighted by Gasteiger charge is 2.35. The van der Waals surface area contributed by atoms with E-state index < -0.39 is 23.4 Å². The van der Waals surface area contributed by atoms with Crippen molar-refractivity contribution in [2.24, 2.45) is 0 Å². The number of aromatic nitrogens is 1. The molecule has 212 valence electrons. The van der Waals surface area contributed by atoms with Gasteiger partial charge in [0.15, 0.2) is 17.4 Å². The van der Waals surface area contributed by atoms with Gasteiger partial charge in [-0.05, 0) is 69.9 Å². The number of ether oxygens (including phenoxy) is 2. The van der Waals surface area contributed by atoms with Crippen molar-refractivity contribution in [3.63, 3.8) is 0 Å². The fourth-order valence-corrected chi connectivity index (χ4v) is 5.12. The third-order valence-corrected chi connectivity index (χ3v) is 6.94. The molecule has 4 rings (SSSR count). The third-order valence-electron chi connectivity index (χ3n) is 6.94. The summed E-state index contributed by atoms with van der Waals surface area (Å²) in [5.41, 5.74) is 0.750. The van der Waals surface area contributed by atoms with Gasteiger partial charge in [0.1, 0.15) is 23.7 Å². The summed E-state index contributed by atoms with van der Waals surface area (Å²) in [7, 11) is 0. The first kappa shape index (κ1) is 29.2. The van der Waals surface area contributed by atoms with E-state index in [1.807, 2.05) is 20.8 Å². The van der Waals surface area contributed by atoms with Crippen molar-refractivity contribution in [3.8, 4) is 28.7 Å². The molecule has 1 saturated heterocycles. The van der Waals surface area contributed by atoms with E-state index in [4.69, 9.17) is 9.47 Å². The molecule has 2 heterocycles. The second kappa shape index (κ2) is 12.2. The predicted octanol–water partition coefficient (Wildman–Crippen LogP) is 7.37. The minimum atomic E-state index is -1.18. The lowest BCUT2D eigenvalue weighted by Crippen LogP contribution is -2.40. The molecule has 1 N–H and O–H groups in total. The van der Waals surface area contributed by atoms with Crippen LogP contribution >= 0.6 is 0 Å². The summed E-state index contributed by atoms with van der Waals surface area (Å²) < 4.78 is 41.5. The lowest BCUT2D eigenvalue weighted by atomic mass is 10.0. The van der Waals surface area contributed by atoms with Gasteiger partial charge < -0.3 is 19.1 Å². The van der Waals surface area contributed by atoms with Crippen molar-refractivity contribution in [1.82, 2.24) is 9.47 Å². The third kappa shape index (κ3) is 6.52. The highest BCUT2D eigenvalue weighted by atomic mass is 19.1. The van der Waals surface area contributed by atoms with E-state index in [1.165, 1.54) is 18.2 Å². The fraction of sp³-hybridized carbons (Fsp3) is 0.419. The maximum absolute atomic E-state index is 14.0. The number of carboxylic acid groups (broad SMARTS) is 1. The Bertz CT molecular complexity index is 1370. The molecule has 0 bridgehead atoms. The van der Waals surface area contributed by atoms with Crippen LogP contribution < -0.4 is 4.74 Å². The van der Waals surface area contributed by atoms with Gasteiger partial charge in [-0.25, -0.2) is 13.6 Å². The average Bonchev–Trinajstić information content (AvgIpc) is 3.54. The van der Waals surface area contributed by atoms with E-state index in [2.05, 4.69) is 17.9 Å². The topological polar surface area (TPSA) is 87.7 Å². The number of para-hydroxylation sites is 1. The second-order valence-corrected chi connectivity index (χ2v) is 11.0. The fourth-order valence-electron chi connectivity index (χ4n) is 5.12. The van der Waals surface area contributed by atoms with Gasteiger partial charge >= 0.3 is 5.97 Å². The molecule has 7 nitrogen and oxygen atoms in total. The van der Waals surface area contributed by atoms with Gasteiger partial charge in [-0.15, -0.1) is 0 Å². The van der Waals surface area contributed by atoms with Crippen LogP contribution in [0.2, 0.25) is 0 Å². The first-order valence-corrected chi connectivity index (χ1v) is 13.5. The molecule has 40 heavy (non-hydrogen) atoms. The van der Waals surface area contributed by atoms with Crippen molar-refractivity contribution in [2.75, 3.05) is 13.1 Å². The number of nitrogens with zero attached hydrogens (tertiary/aromatic N) is 3. The Hall–Kier alpha value is -3.74. The van der Waals surface area contributed by atoms with Crippen LogP contribution in [-0.4, -0.2) is 45.5 Å². The van der Waals surface area contributed by atoms with Crippen LogP contribution in [0.1, 0.15) is 75.5 Å². The number of hydrogen-bond acceptors (Lipinski definition) is 5. The molecule has 3 aromatic rings. The monoisotopic (exact) mass is 551 g/mol. The second-order valence-electron chi connectivity index (χ2n) is 11.0. The largest absolute Gasteiger partial charge is 0.477 e. The molecule has 0 spiro atoms. The molecule has 1 fully saturated rings. The standard InChI is InChI=1S/C31H35F2N3O4/c1-5-6-10-27(40-31(2,3)4)35-16-15-21(18-35)36-19-24(23(17-34)28(36)30(37)38)20-11-13-22(14-12-20)39-29-25(32)8-7-9-26(29)33/h7-9,11-14,19,21,27H,5-6,10,15-16,18H2,1-4H3,(H,37,38)/t21-,27?/m1/s1. The van der Waals surface area contributed by atoms with Gasteiger partial charge in [0, 0.05) is 30.9 Å². The van der Waals surface area contributed by atoms with E-state index in [0.29, 0.717) is 17.7 Å².